The Morgan fingerprint density at radius 1 is 0.805 bits per heavy atom. The van der Waals surface area contributed by atoms with Gasteiger partial charge in [0.1, 0.15) is 0 Å². The molecule has 1 amide bonds. The van der Waals surface area contributed by atoms with E-state index in [1.165, 1.54) is 16.4 Å². The van der Waals surface area contributed by atoms with Gasteiger partial charge < -0.3 is 18.8 Å². The minimum atomic E-state index is -3.77. The van der Waals surface area contributed by atoms with Gasteiger partial charge in [-0.05, 0) is 69.3 Å². The molecule has 5 rings (SSSR count). The highest BCUT2D eigenvalue weighted by Crippen LogP contribution is 2.32. The number of aromatic nitrogens is 2. The van der Waals surface area contributed by atoms with Crippen LogP contribution in [0.1, 0.15) is 29.8 Å². The zero-order chi connectivity index (χ0) is 29.0. The molecule has 1 aliphatic rings. The number of aryl methyl sites for hydroxylation is 1. The zero-order valence-electron chi connectivity index (χ0n) is 23.2. The summed E-state index contributed by atoms with van der Waals surface area (Å²) in [4.78, 5) is 15.0. The van der Waals surface area contributed by atoms with Crippen LogP contribution in [0, 0.1) is 6.92 Å². The Hall–Kier alpha value is -4.22. The van der Waals surface area contributed by atoms with Gasteiger partial charge in [0.15, 0.2) is 11.5 Å². The van der Waals surface area contributed by atoms with E-state index in [9.17, 15) is 13.2 Å². The Labute approximate surface area is 239 Å². The van der Waals surface area contributed by atoms with E-state index in [0.717, 1.165) is 11.1 Å². The van der Waals surface area contributed by atoms with Gasteiger partial charge in [0.2, 0.25) is 21.8 Å². The van der Waals surface area contributed by atoms with Crippen LogP contribution in [0.15, 0.2) is 76.0 Å². The number of sulfonamides is 1. The van der Waals surface area contributed by atoms with Crippen LogP contribution in [0.25, 0.3) is 22.9 Å². The summed E-state index contributed by atoms with van der Waals surface area (Å²) in [6.07, 6.45) is 0. The smallest absolute Gasteiger partial charge is 0.253 e. The Morgan fingerprint density at radius 2 is 1.37 bits per heavy atom. The van der Waals surface area contributed by atoms with Crippen molar-refractivity contribution >= 4 is 15.9 Å². The molecule has 0 atom stereocenters. The van der Waals surface area contributed by atoms with Crippen molar-refractivity contribution in [1.82, 2.24) is 19.4 Å². The average molecular weight is 577 g/mol. The third-order valence-corrected chi connectivity index (χ3v) is 8.68. The summed E-state index contributed by atoms with van der Waals surface area (Å²) in [6, 6.07) is 19.4. The predicted molar refractivity (Wildman–Crippen MR) is 153 cm³/mol. The minimum Gasteiger partial charge on any atom is -0.490 e. The molecule has 0 saturated carbocycles. The molecule has 0 N–H and O–H groups in total. The van der Waals surface area contributed by atoms with E-state index >= 15 is 0 Å². The van der Waals surface area contributed by atoms with Crippen LogP contribution in [0.2, 0.25) is 0 Å². The second kappa shape index (κ2) is 12.1. The SMILES string of the molecule is CCOc1ccc(S(=O)(=O)N2CCN(C(=O)c3ccc(-c4nnc(-c5ccc(C)cc5)o4)cc3)CC2)cc1OCC. The maximum atomic E-state index is 13.3. The predicted octanol–water partition coefficient (Wildman–Crippen LogP) is 4.66. The number of amides is 1. The molecule has 0 aliphatic carbocycles. The molecule has 1 saturated heterocycles. The molecule has 0 radical (unpaired) electrons. The van der Waals surface area contributed by atoms with Gasteiger partial charge in [-0.15, -0.1) is 10.2 Å². The largest absolute Gasteiger partial charge is 0.490 e. The van der Waals surface area contributed by atoms with Crippen molar-refractivity contribution in [3.63, 3.8) is 0 Å². The van der Waals surface area contributed by atoms with Gasteiger partial charge in [-0.25, -0.2) is 8.42 Å². The van der Waals surface area contributed by atoms with Crippen LogP contribution < -0.4 is 9.47 Å². The van der Waals surface area contributed by atoms with Crippen LogP contribution in [0.4, 0.5) is 0 Å². The molecule has 11 heteroatoms. The molecule has 3 aromatic carbocycles. The van der Waals surface area contributed by atoms with Gasteiger partial charge in [-0.1, -0.05) is 17.7 Å². The number of ether oxygens (including phenoxy) is 2. The lowest BCUT2D eigenvalue weighted by Gasteiger charge is -2.34. The Bertz CT molecular complexity index is 1610. The summed E-state index contributed by atoms with van der Waals surface area (Å²) in [5.74, 6) is 1.51. The van der Waals surface area contributed by atoms with E-state index in [4.69, 9.17) is 13.9 Å². The molecule has 1 aromatic heterocycles. The van der Waals surface area contributed by atoms with Crippen molar-refractivity contribution in [3.8, 4) is 34.4 Å². The first kappa shape index (κ1) is 28.3. The molecule has 0 unspecified atom stereocenters. The van der Waals surface area contributed by atoms with E-state index in [0.29, 0.717) is 47.6 Å². The van der Waals surface area contributed by atoms with Gasteiger partial charge >= 0.3 is 0 Å². The number of carbonyl (C=O) groups excluding carboxylic acids is 1. The average Bonchev–Trinajstić information content (AvgIpc) is 3.49. The molecule has 1 fully saturated rings. The number of benzene rings is 3. The Balaban J connectivity index is 1.22. The number of nitrogens with zero attached hydrogens (tertiary/aromatic N) is 4. The quantitative estimate of drug-likeness (QED) is 0.283. The van der Waals surface area contributed by atoms with Gasteiger partial charge in [-0.2, -0.15) is 4.31 Å². The standard InChI is InChI=1S/C30H32N4O6S/c1-4-38-26-15-14-25(20-27(26)39-5-2)41(36,37)34-18-16-33(17-19-34)30(35)24-12-10-23(11-13-24)29-32-31-28(40-29)22-8-6-21(3)7-9-22/h6-15,20H,4-5,16-19H2,1-3H3. The Morgan fingerprint density at radius 3 is 1.95 bits per heavy atom. The van der Waals surface area contributed by atoms with Crippen molar-refractivity contribution in [2.24, 2.45) is 0 Å². The van der Waals surface area contributed by atoms with Crippen molar-refractivity contribution in [1.29, 1.82) is 0 Å². The van der Waals surface area contributed by atoms with Crippen LogP contribution >= 0.6 is 0 Å². The summed E-state index contributed by atoms with van der Waals surface area (Å²) in [5.41, 5.74) is 3.17. The van der Waals surface area contributed by atoms with Crippen molar-refractivity contribution in [3.05, 3.63) is 77.9 Å². The number of hydrogen-bond acceptors (Lipinski definition) is 8. The van der Waals surface area contributed by atoms with E-state index in [2.05, 4.69) is 10.2 Å². The molecule has 214 valence electrons. The van der Waals surface area contributed by atoms with Crippen LogP contribution in [-0.2, 0) is 10.0 Å². The molecular weight excluding hydrogens is 544 g/mol. The molecule has 41 heavy (non-hydrogen) atoms. The first-order valence-electron chi connectivity index (χ1n) is 13.5. The maximum Gasteiger partial charge on any atom is 0.253 e. The van der Waals surface area contributed by atoms with E-state index in [1.54, 1.807) is 35.2 Å². The topological polar surface area (TPSA) is 115 Å². The van der Waals surface area contributed by atoms with Gasteiger partial charge in [-0.3, -0.25) is 4.79 Å². The van der Waals surface area contributed by atoms with Crippen molar-refractivity contribution < 1.29 is 27.1 Å². The lowest BCUT2D eigenvalue weighted by molar-refractivity contribution is 0.0698. The Kier molecular flexibility index (Phi) is 8.36. The number of rotatable bonds is 9. The highest BCUT2D eigenvalue weighted by atomic mass is 32.2. The van der Waals surface area contributed by atoms with Crippen molar-refractivity contribution in [2.45, 2.75) is 25.7 Å². The zero-order valence-corrected chi connectivity index (χ0v) is 24.1. The fourth-order valence-electron chi connectivity index (χ4n) is 4.56. The monoisotopic (exact) mass is 576 g/mol. The third-order valence-electron chi connectivity index (χ3n) is 6.78. The van der Waals surface area contributed by atoms with E-state index in [-0.39, 0.29) is 37.0 Å². The molecule has 2 heterocycles. The summed E-state index contributed by atoms with van der Waals surface area (Å²) in [5, 5.41) is 8.29. The number of hydrogen-bond donors (Lipinski definition) is 0. The second-order valence-corrected chi connectivity index (χ2v) is 11.5. The molecule has 0 bridgehead atoms. The lowest BCUT2D eigenvalue weighted by atomic mass is 10.1. The summed E-state index contributed by atoms with van der Waals surface area (Å²) < 4.78 is 45.1. The first-order chi connectivity index (χ1) is 19.8. The summed E-state index contributed by atoms with van der Waals surface area (Å²) in [7, 11) is -3.77. The first-order valence-corrected chi connectivity index (χ1v) is 14.9. The molecule has 4 aromatic rings. The van der Waals surface area contributed by atoms with Crippen molar-refractivity contribution in [2.75, 3.05) is 39.4 Å². The fourth-order valence-corrected chi connectivity index (χ4v) is 6.00. The summed E-state index contributed by atoms with van der Waals surface area (Å²) >= 11 is 0. The number of carbonyl (C=O) groups is 1. The maximum absolute atomic E-state index is 13.3. The third kappa shape index (κ3) is 6.10. The lowest BCUT2D eigenvalue weighted by Crippen LogP contribution is -2.50. The highest BCUT2D eigenvalue weighted by Gasteiger charge is 2.31. The van der Waals surface area contributed by atoms with E-state index < -0.39 is 10.0 Å². The molecule has 0 spiro atoms. The van der Waals surface area contributed by atoms with E-state index in [1.807, 2.05) is 45.0 Å². The summed E-state index contributed by atoms with van der Waals surface area (Å²) in [6.45, 7) is 7.44. The normalized spacial score (nSPS) is 14.2. The minimum absolute atomic E-state index is 0.131. The highest BCUT2D eigenvalue weighted by molar-refractivity contribution is 7.89. The number of piperazine rings is 1. The van der Waals surface area contributed by atoms with Gasteiger partial charge in [0.05, 0.1) is 18.1 Å². The fraction of sp³-hybridized carbons (Fsp3) is 0.300. The van der Waals surface area contributed by atoms with Crippen LogP contribution in [0.3, 0.4) is 0 Å². The molecule has 1 aliphatic heterocycles. The second-order valence-electron chi connectivity index (χ2n) is 9.53. The molecule has 10 nitrogen and oxygen atoms in total. The van der Waals surface area contributed by atoms with Crippen LogP contribution in [0.5, 0.6) is 11.5 Å². The van der Waals surface area contributed by atoms with Gasteiger partial charge in [0, 0.05) is 48.9 Å². The van der Waals surface area contributed by atoms with Crippen LogP contribution in [-0.4, -0.2) is 73.1 Å². The molecular formula is C30H32N4O6S. The van der Waals surface area contributed by atoms with Gasteiger partial charge in [0.25, 0.3) is 5.91 Å².